The van der Waals surface area contributed by atoms with E-state index in [1.807, 2.05) is 51.1 Å². The summed E-state index contributed by atoms with van der Waals surface area (Å²) in [6.07, 6.45) is -3.84. The topological polar surface area (TPSA) is 153 Å². The number of benzene rings is 2. The molecule has 272 valence electrons. The quantitative estimate of drug-likeness (QED) is 0.295. The minimum absolute atomic E-state index is 0.0500. The number of aliphatic hydroxyl groups excluding tert-OH is 1. The maximum Gasteiger partial charge on any atom is 0.410 e. The van der Waals surface area contributed by atoms with Gasteiger partial charge in [-0.25, -0.2) is 18.0 Å². The first-order valence-corrected chi connectivity index (χ1v) is 18.1. The van der Waals surface area contributed by atoms with Crippen molar-refractivity contribution in [2.75, 3.05) is 40.0 Å². The number of nitrogens with one attached hydrogen (secondary N) is 1. The lowest BCUT2D eigenvalue weighted by Crippen LogP contribution is -2.53. The first-order chi connectivity index (χ1) is 23.1. The lowest BCUT2D eigenvalue weighted by atomic mass is 9.96. The molecule has 2 aliphatic rings. The normalized spacial score (nSPS) is 22.0. The summed E-state index contributed by atoms with van der Waals surface area (Å²) in [6.45, 7) is 11.4. The highest BCUT2D eigenvalue weighted by atomic mass is 32.2. The number of ether oxygens (including phenoxy) is 5. The average Bonchev–Trinajstić information content (AvgIpc) is 3.63. The smallest absolute Gasteiger partial charge is 0.410 e. The molecule has 2 aromatic rings. The zero-order valence-electron chi connectivity index (χ0n) is 29.4. The Morgan fingerprint density at radius 3 is 2.27 bits per heavy atom. The Morgan fingerprint density at radius 2 is 1.67 bits per heavy atom. The highest BCUT2D eigenvalue weighted by Gasteiger charge is 2.53. The van der Waals surface area contributed by atoms with E-state index >= 15 is 0 Å². The van der Waals surface area contributed by atoms with Gasteiger partial charge in [-0.05, 0) is 69.9 Å². The van der Waals surface area contributed by atoms with Gasteiger partial charge in [0, 0.05) is 19.6 Å². The van der Waals surface area contributed by atoms with Crippen LogP contribution < -0.4 is 10.1 Å². The molecule has 2 saturated heterocycles. The number of aliphatic hydroxyl groups is 1. The van der Waals surface area contributed by atoms with Gasteiger partial charge in [0.25, 0.3) is 0 Å². The number of nitrogens with zero attached hydrogens (tertiary/aromatic N) is 2. The van der Waals surface area contributed by atoms with E-state index in [1.165, 1.54) is 23.5 Å². The van der Waals surface area contributed by atoms with Crippen molar-refractivity contribution in [3.63, 3.8) is 0 Å². The van der Waals surface area contributed by atoms with Gasteiger partial charge in [-0.2, -0.15) is 4.31 Å². The van der Waals surface area contributed by atoms with E-state index in [-0.39, 0.29) is 43.5 Å². The number of carbonyl (C=O) groups excluding carboxylic acids is 2. The second-order valence-corrected chi connectivity index (χ2v) is 15.7. The predicted octanol–water partition coefficient (Wildman–Crippen LogP) is 4.04. The number of alkyl carbamates (subject to hydrolysis) is 1. The SMILES string of the molecule is CCN(C(=O)OC(C)(C)C)[C@H]1CO[C@@H]2OC[C@H](OC(=O)N[C@@H](Cc3ccccc3)[C@H](O)CN(CC(C)C)S(=O)(=O)c3ccc(OC)cc3)[C@@H]21. The Labute approximate surface area is 289 Å². The minimum Gasteiger partial charge on any atom is -0.497 e. The average molecular weight is 706 g/mol. The van der Waals surface area contributed by atoms with Gasteiger partial charge in [0.2, 0.25) is 10.0 Å². The molecule has 4 rings (SSSR count). The van der Waals surface area contributed by atoms with E-state index in [2.05, 4.69) is 5.32 Å². The van der Waals surface area contributed by atoms with Crippen molar-refractivity contribution in [3.05, 3.63) is 60.2 Å². The van der Waals surface area contributed by atoms with Crippen LogP contribution in [-0.4, -0.2) is 111 Å². The van der Waals surface area contributed by atoms with Gasteiger partial charge in [-0.3, -0.25) is 0 Å². The molecule has 0 bridgehead atoms. The Hall–Kier alpha value is -3.43. The number of hydrogen-bond acceptors (Lipinski definition) is 10. The molecule has 6 atom stereocenters. The van der Waals surface area contributed by atoms with Gasteiger partial charge in [0.1, 0.15) is 17.5 Å². The summed E-state index contributed by atoms with van der Waals surface area (Å²) >= 11 is 0. The number of rotatable bonds is 14. The predicted molar refractivity (Wildman–Crippen MR) is 182 cm³/mol. The second kappa shape index (κ2) is 16.5. The summed E-state index contributed by atoms with van der Waals surface area (Å²) in [5.74, 6) is -0.000362. The number of fused-ring (bicyclic) bond motifs is 1. The lowest BCUT2D eigenvalue weighted by molar-refractivity contribution is -0.0910. The van der Waals surface area contributed by atoms with E-state index < -0.39 is 64.3 Å². The summed E-state index contributed by atoms with van der Waals surface area (Å²) in [6, 6.07) is 13.9. The molecule has 14 heteroatoms. The Balaban J connectivity index is 1.52. The number of sulfonamides is 1. The maximum absolute atomic E-state index is 13.8. The zero-order chi connectivity index (χ0) is 35.9. The van der Waals surface area contributed by atoms with Crippen LogP contribution >= 0.6 is 0 Å². The van der Waals surface area contributed by atoms with Crippen molar-refractivity contribution >= 4 is 22.2 Å². The Morgan fingerprint density at radius 1 is 1.02 bits per heavy atom. The fourth-order valence-electron chi connectivity index (χ4n) is 6.09. The zero-order valence-corrected chi connectivity index (χ0v) is 30.2. The van der Waals surface area contributed by atoms with Crippen molar-refractivity contribution < 1.29 is 46.8 Å². The van der Waals surface area contributed by atoms with Crippen molar-refractivity contribution in [1.29, 1.82) is 0 Å². The molecule has 2 heterocycles. The van der Waals surface area contributed by atoms with Crippen molar-refractivity contribution in [2.45, 2.75) is 89.0 Å². The molecule has 2 fully saturated rings. The van der Waals surface area contributed by atoms with E-state index in [0.29, 0.717) is 12.3 Å². The van der Waals surface area contributed by atoms with Crippen molar-refractivity contribution in [2.24, 2.45) is 11.8 Å². The van der Waals surface area contributed by atoms with E-state index in [9.17, 15) is 23.1 Å². The van der Waals surface area contributed by atoms with E-state index in [4.69, 9.17) is 23.7 Å². The molecule has 0 radical (unpaired) electrons. The minimum atomic E-state index is -4.01. The molecular weight excluding hydrogens is 654 g/mol. The number of carbonyl (C=O) groups is 2. The molecule has 49 heavy (non-hydrogen) atoms. The van der Waals surface area contributed by atoms with Gasteiger partial charge in [0.05, 0.1) is 49.3 Å². The maximum atomic E-state index is 13.8. The molecule has 2 aliphatic heterocycles. The summed E-state index contributed by atoms with van der Waals surface area (Å²) in [5, 5.41) is 14.4. The van der Waals surface area contributed by atoms with Crippen LogP contribution in [0, 0.1) is 11.8 Å². The lowest BCUT2D eigenvalue weighted by Gasteiger charge is -2.34. The first-order valence-electron chi connectivity index (χ1n) is 16.7. The largest absolute Gasteiger partial charge is 0.497 e. The van der Waals surface area contributed by atoms with Crippen LogP contribution in [-0.2, 0) is 35.4 Å². The summed E-state index contributed by atoms with van der Waals surface area (Å²) in [5.41, 5.74) is 0.128. The Kier molecular flexibility index (Phi) is 12.9. The van der Waals surface area contributed by atoms with Crippen LogP contribution in [0.25, 0.3) is 0 Å². The van der Waals surface area contributed by atoms with E-state index in [0.717, 1.165) is 5.56 Å². The van der Waals surface area contributed by atoms with Crippen LogP contribution in [0.2, 0.25) is 0 Å². The van der Waals surface area contributed by atoms with Crippen LogP contribution in [0.15, 0.2) is 59.5 Å². The van der Waals surface area contributed by atoms with Crippen molar-refractivity contribution in [3.8, 4) is 5.75 Å². The number of hydrogen-bond donors (Lipinski definition) is 2. The standard InChI is InChI=1S/C35H51N3O10S/c1-8-38(34(41)48-35(4,5)6)28-21-45-32-31(28)30(22-46-32)47-33(40)36-27(18-24-12-10-9-11-13-24)29(39)20-37(19-23(2)3)49(42,43)26-16-14-25(44-7)15-17-26/h9-17,23,27-32,39H,8,18-22H2,1-7H3,(H,36,40)/t27-,28-,29+,30-,31-,32+/m0/s1. The number of amides is 2. The third-order valence-electron chi connectivity index (χ3n) is 8.39. The summed E-state index contributed by atoms with van der Waals surface area (Å²) in [4.78, 5) is 28.2. The Bertz CT molecular complexity index is 1480. The third-order valence-corrected chi connectivity index (χ3v) is 10.2. The third kappa shape index (κ3) is 10.1. The highest BCUT2D eigenvalue weighted by molar-refractivity contribution is 7.89. The van der Waals surface area contributed by atoms with Crippen LogP contribution in [0.1, 0.15) is 47.1 Å². The van der Waals surface area contributed by atoms with Crippen LogP contribution in [0.5, 0.6) is 5.75 Å². The molecule has 0 unspecified atom stereocenters. The molecule has 2 aromatic carbocycles. The number of methoxy groups -OCH3 is 1. The van der Waals surface area contributed by atoms with Gasteiger partial charge < -0.3 is 39.0 Å². The van der Waals surface area contributed by atoms with Gasteiger partial charge >= 0.3 is 12.2 Å². The molecule has 2 N–H and O–H groups in total. The van der Waals surface area contributed by atoms with Gasteiger partial charge in [0.15, 0.2) is 6.29 Å². The second-order valence-electron chi connectivity index (χ2n) is 13.8. The molecule has 13 nitrogen and oxygen atoms in total. The molecule has 2 amide bonds. The first kappa shape index (κ1) is 38.4. The summed E-state index contributed by atoms with van der Waals surface area (Å²) in [7, 11) is -2.52. The van der Waals surface area contributed by atoms with Gasteiger partial charge in [-0.1, -0.05) is 44.2 Å². The monoisotopic (exact) mass is 705 g/mol. The molecule has 0 aromatic heterocycles. The highest BCUT2D eigenvalue weighted by Crippen LogP contribution is 2.37. The fourth-order valence-corrected chi connectivity index (χ4v) is 7.72. The van der Waals surface area contributed by atoms with Crippen molar-refractivity contribution in [1.82, 2.24) is 14.5 Å². The summed E-state index contributed by atoms with van der Waals surface area (Å²) < 4.78 is 57.1. The van der Waals surface area contributed by atoms with Crippen LogP contribution in [0.3, 0.4) is 0 Å². The molecular formula is C35H51N3O10S. The molecule has 0 saturated carbocycles. The van der Waals surface area contributed by atoms with Crippen LogP contribution in [0.4, 0.5) is 9.59 Å². The fraction of sp³-hybridized carbons (Fsp3) is 0.600. The van der Waals surface area contributed by atoms with E-state index in [1.54, 1.807) is 37.8 Å². The van der Waals surface area contributed by atoms with Gasteiger partial charge in [-0.15, -0.1) is 0 Å². The molecule has 0 spiro atoms. The number of likely N-dealkylation sites (N-methyl/N-ethyl adjacent to an activating group) is 1. The molecule has 0 aliphatic carbocycles.